The van der Waals surface area contributed by atoms with Gasteiger partial charge in [0.05, 0.1) is 17.6 Å². The molecule has 0 fully saturated rings. The van der Waals surface area contributed by atoms with Crippen LogP contribution in [0.2, 0.25) is 0 Å². The molecule has 0 aliphatic rings. The maximum atomic E-state index is 12.0. The largest absolute Gasteiger partial charge is 0.496 e. The Bertz CT molecular complexity index is 423. The average Bonchev–Trinajstić information content (AvgIpc) is 2.39. The molecule has 0 radical (unpaired) electrons. The molecule has 0 aromatic heterocycles. The van der Waals surface area contributed by atoms with Gasteiger partial charge in [0.1, 0.15) is 5.75 Å². The van der Waals surface area contributed by atoms with Crippen molar-refractivity contribution < 1.29 is 14.3 Å². The van der Waals surface area contributed by atoms with Crippen molar-refractivity contribution in [2.45, 2.75) is 25.3 Å². The smallest absolute Gasteiger partial charge is 0.153 e. The van der Waals surface area contributed by atoms with E-state index < -0.39 is 6.04 Å². The number of carbonyl (C=O) groups is 1. The first-order chi connectivity index (χ1) is 9.08. The van der Waals surface area contributed by atoms with Crippen LogP contribution < -0.4 is 10.5 Å². The lowest BCUT2D eigenvalue weighted by atomic mass is 10.0. The number of hydrogen-bond acceptors (Lipinski definition) is 4. The van der Waals surface area contributed by atoms with Gasteiger partial charge in [-0.1, -0.05) is 6.07 Å². The molecule has 1 aromatic rings. The first-order valence-corrected chi connectivity index (χ1v) is 6.97. The third-order valence-corrected chi connectivity index (χ3v) is 3.49. The van der Waals surface area contributed by atoms with Gasteiger partial charge < -0.3 is 15.2 Å². The van der Waals surface area contributed by atoms with E-state index in [0.29, 0.717) is 19.4 Å². The van der Waals surface area contributed by atoms with Gasteiger partial charge in [-0.05, 0) is 46.5 Å². The molecule has 0 heterocycles. The number of hydrogen-bond donors (Lipinski definition) is 1. The zero-order valence-corrected chi connectivity index (χ0v) is 12.9. The molecular formula is C14H20BrNO3. The molecule has 0 saturated heterocycles. The molecule has 2 N–H and O–H groups in total. The van der Waals surface area contributed by atoms with Gasteiger partial charge in [-0.2, -0.15) is 0 Å². The number of ether oxygens (including phenoxy) is 2. The molecule has 1 aromatic carbocycles. The van der Waals surface area contributed by atoms with Gasteiger partial charge in [-0.3, -0.25) is 4.79 Å². The second-order valence-corrected chi connectivity index (χ2v) is 5.21. The summed E-state index contributed by atoms with van der Waals surface area (Å²) in [5, 5.41) is 0. The van der Waals surface area contributed by atoms with Gasteiger partial charge in [0.2, 0.25) is 0 Å². The van der Waals surface area contributed by atoms with Crippen molar-refractivity contribution in [3.8, 4) is 5.75 Å². The van der Waals surface area contributed by atoms with Crippen LogP contribution in [-0.4, -0.2) is 32.7 Å². The molecule has 106 valence electrons. The lowest BCUT2D eigenvalue weighted by molar-refractivity contribution is -0.119. The Balaban J connectivity index is 2.54. The number of ketones is 1. The monoisotopic (exact) mass is 329 g/mol. The molecular weight excluding hydrogens is 310 g/mol. The lowest BCUT2D eigenvalue weighted by Gasteiger charge is -2.11. The first kappa shape index (κ1) is 16.1. The topological polar surface area (TPSA) is 61.5 Å². The third-order valence-electron chi connectivity index (χ3n) is 2.87. The van der Waals surface area contributed by atoms with E-state index in [1.807, 2.05) is 18.2 Å². The Morgan fingerprint density at radius 2 is 2.16 bits per heavy atom. The summed E-state index contributed by atoms with van der Waals surface area (Å²) in [5.41, 5.74) is 6.79. The van der Waals surface area contributed by atoms with Crippen LogP contribution in [0.3, 0.4) is 0 Å². The van der Waals surface area contributed by atoms with Crippen LogP contribution in [0.5, 0.6) is 5.75 Å². The zero-order valence-electron chi connectivity index (χ0n) is 11.3. The number of halogens is 1. The molecule has 1 atom stereocenters. The molecule has 0 bridgehead atoms. The highest BCUT2D eigenvalue weighted by molar-refractivity contribution is 9.10. The summed E-state index contributed by atoms with van der Waals surface area (Å²) < 4.78 is 10.9. The predicted octanol–water partition coefficient (Wildman–Crippen LogP) is 2.32. The fourth-order valence-corrected chi connectivity index (χ4v) is 2.35. The Labute approximate surface area is 122 Å². The van der Waals surface area contributed by atoms with E-state index in [2.05, 4.69) is 15.9 Å². The van der Waals surface area contributed by atoms with Gasteiger partial charge in [-0.25, -0.2) is 0 Å². The second-order valence-electron chi connectivity index (χ2n) is 4.35. The Morgan fingerprint density at radius 3 is 2.74 bits per heavy atom. The summed E-state index contributed by atoms with van der Waals surface area (Å²) in [6, 6.07) is 5.18. The SMILES string of the molecule is COCCCC(N)C(=O)Cc1ccc(OC)c(Br)c1. The Hall–Kier alpha value is -0.910. The summed E-state index contributed by atoms with van der Waals surface area (Å²) in [5.74, 6) is 0.800. The lowest BCUT2D eigenvalue weighted by Crippen LogP contribution is -2.32. The molecule has 0 aliphatic carbocycles. The first-order valence-electron chi connectivity index (χ1n) is 6.18. The number of carbonyl (C=O) groups excluding carboxylic acids is 1. The van der Waals surface area contributed by atoms with E-state index in [1.165, 1.54) is 0 Å². The van der Waals surface area contributed by atoms with Crippen molar-refractivity contribution in [3.63, 3.8) is 0 Å². The number of rotatable bonds is 8. The highest BCUT2D eigenvalue weighted by Gasteiger charge is 2.14. The van der Waals surface area contributed by atoms with Crippen LogP contribution in [0.1, 0.15) is 18.4 Å². The Kier molecular flexibility index (Phi) is 7.05. The summed E-state index contributed by atoms with van der Waals surface area (Å²) in [7, 11) is 3.25. The van der Waals surface area contributed by atoms with Crippen LogP contribution in [0.4, 0.5) is 0 Å². The van der Waals surface area contributed by atoms with Crippen molar-refractivity contribution in [2.75, 3.05) is 20.8 Å². The van der Waals surface area contributed by atoms with E-state index in [-0.39, 0.29) is 5.78 Å². The Morgan fingerprint density at radius 1 is 1.42 bits per heavy atom. The van der Waals surface area contributed by atoms with E-state index in [0.717, 1.165) is 22.2 Å². The maximum Gasteiger partial charge on any atom is 0.153 e. The fourth-order valence-electron chi connectivity index (χ4n) is 1.76. The molecule has 1 rings (SSSR count). The van der Waals surface area contributed by atoms with Crippen LogP contribution in [0, 0.1) is 0 Å². The van der Waals surface area contributed by atoms with Crippen molar-refractivity contribution in [1.82, 2.24) is 0 Å². The highest BCUT2D eigenvalue weighted by Crippen LogP contribution is 2.25. The van der Waals surface area contributed by atoms with E-state index >= 15 is 0 Å². The maximum absolute atomic E-state index is 12.0. The molecule has 0 spiro atoms. The molecule has 0 amide bonds. The molecule has 19 heavy (non-hydrogen) atoms. The normalized spacial score (nSPS) is 12.2. The predicted molar refractivity (Wildman–Crippen MR) is 78.5 cm³/mol. The second kappa shape index (κ2) is 8.30. The van der Waals surface area contributed by atoms with Gasteiger partial charge in [-0.15, -0.1) is 0 Å². The van der Waals surface area contributed by atoms with Gasteiger partial charge >= 0.3 is 0 Å². The number of benzene rings is 1. The zero-order chi connectivity index (χ0) is 14.3. The number of methoxy groups -OCH3 is 2. The molecule has 0 aliphatic heterocycles. The van der Waals surface area contributed by atoms with Crippen molar-refractivity contribution in [1.29, 1.82) is 0 Å². The van der Waals surface area contributed by atoms with Crippen molar-refractivity contribution in [3.05, 3.63) is 28.2 Å². The molecule has 0 saturated carbocycles. The van der Waals surface area contributed by atoms with Crippen LogP contribution in [-0.2, 0) is 16.0 Å². The molecule has 1 unspecified atom stereocenters. The summed E-state index contributed by atoms with van der Waals surface area (Å²) in [6.45, 7) is 0.634. The van der Waals surface area contributed by atoms with Crippen LogP contribution in [0.25, 0.3) is 0 Å². The average molecular weight is 330 g/mol. The molecule has 4 nitrogen and oxygen atoms in total. The summed E-state index contributed by atoms with van der Waals surface area (Å²) in [6.07, 6.45) is 1.80. The van der Waals surface area contributed by atoms with Crippen molar-refractivity contribution in [2.24, 2.45) is 5.73 Å². The quantitative estimate of drug-likeness (QED) is 0.743. The van der Waals surface area contributed by atoms with Crippen LogP contribution >= 0.6 is 15.9 Å². The minimum absolute atomic E-state index is 0.0492. The summed E-state index contributed by atoms with van der Waals surface area (Å²) in [4.78, 5) is 12.0. The third kappa shape index (κ3) is 5.30. The van der Waals surface area contributed by atoms with E-state index in [4.69, 9.17) is 15.2 Å². The highest BCUT2D eigenvalue weighted by atomic mass is 79.9. The van der Waals surface area contributed by atoms with E-state index in [9.17, 15) is 4.79 Å². The van der Waals surface area contributed by atoms with Gasteiger partial charge in [0, 0.05) is 20.1 Å². The minimum Gasteiger partial charge on any atom is -0.496 e. The molecule has 5 heteroatoms. The van der Waals surface area contributed by atoms with E-state index in [1.54, 1.807) is 14.2 Å². The van der Waals surface area contributed by atoms with Gasteiger partial charge in [0.25, 0.3) is 0 Å². The fraction of sp³-hybridized carbons (Fsp3) is 0.500. The number of Topliss-reactive ketones (excluding diaryl/α,β-unsaturated/α-hetero) is 1. The standard InChI is InChI=1S/C14H20BrNO3/c1-18-7-3-4-12(16)13(17)9-10-5-6-14(19-2)11(15)8-10/h5-6,8,12H,3-4,7,9,16H2,1-2H3. The van der Waals surface area contributed by atoms with Crippen LogP contribution in [0.15, 0.2) is 22.7 Å². The summed E-state index contributed by atoms with van der Waals surface area (Å²) >= 11 is 3.40. The van der Waals surface area contributed by atoms with Crippen molar-refractivity contribution >= 4 is 21.7 Å². The van der Waals surface area contributed by atoms with Gasteiger partial charge in [0.15, 0.2) is 5.78 Å². The minimum atomic E-state index is -0.420. The number of nitrogens with two attached hydrogens (primary N) is 1.